The first-order chi connectivity index (χ1) is 12.4. The van der Waals surface area contributed by atoms with E-state index in [2.05, 4.69) is 20.9 Å². The molecule has 0 unspecified atom stereocenters. The highest BCUT2D eigenvalue weighted by Crippen LogP contribution is 2.29. The monoisotopic (exact) mass is 361 g/mol. The van der Waals surface area contributed by atoms with Gasteiger partial charge in [0.05, 0.1) is 11.6 Å². The van der Waals surface area contributed by atoms with E-state index in [1.165, 1.54) is 0 Å². The number of halogens is 3. The number of nitriles is 1. The second kappa shape index (κ2) is 7.30. The molecule has 0 atom stereocenters. The Kier molecular flexibility index (Phi) is 5.09. The maximum absolute atomic E-state index is 12.8. The van der Waals surface area contributed by atoms with E-state index in [1.54, 1.807) is 0 Å². The minimum absolute atomic E-state index is 0.307. The second-order valence-electron chi connectivity index (χ2n) is 6.28. The van der Waals surface area contributed by atoms with Crippen LogP contribution in [0.4, 0.5) is 19.0 Å². The van der Waals surface area contributed by atoms with Crippen LogP contribution in [0, 0.1) is 18.3 Å². The third-order valence-electron chi connectivity index (χ3n) is 4.46. The fourth-order valence-electron chi connectivity index (χ4n) is 3.02. The van der Waals surface area contributed by atoms with Crippen LogP contribution in [0.15, 0.2) is 30.6 Å². The first-order valence-corrected chi connectivity index (χ1v) is 8.23. The van der Waals surface area contributed by atoms with Crippen molar-refractivity contribution in [1.82, 2.24) is 14.9 Å². The summed E-state index contributed by atoms with van der Waals surface area (Å²) >= 11 is 0. The fourth-order valence-corrected chi connectivity index (χ4v) is 3.02. The minimum atomic E-state index is -4.47. The normalized spacial score (nSPS) is 15.7. The van der Waals surface area contributed by atoms with Crippen LogP contribution in [-0.2, 0) is 12.7 Å². The van der Waals surface area contributed by atoms with Crippen molar-refractivity contribution in [3.63, 3.8) is 0 Å². The van der Waals surface area contributed by atoms with Crippen LogP contribution in [0.1, 0.15) is 22.4 Å². The predicted octanol–water partition coefficient (Wildman–Crippen LogP) is 3.00. The molecule has 26 heavy (non-hydrogen) atoms. The topological polar surface area (TPSA) is 56.1 Å². The summed E-state index contributed by atoms with van der Waals surface area (Å²) in [4.78, 5) is 11.4. The van der Waals surface area contributed by atoms with Gasteiger partial charge in [0.25, 0.3) is 0 Å². The molecule has 0 N–H and O–H groups in total. The maximum atomic E-state index is 12.8. The Morgan fingerprint density at radius 1 is 1.12 bits per heavy atom. The van der Waals surface area contributed by atoms with Crippen molar-refractivity contribution in [3.05, 3.63) is 53.0 Å². The van der Waals surface area contributed by atoms with E-state index in [0.717, 1.165) is 43.2 Å². The molecule has 0 spiro atoms. The van der Waals surface area contributed by atoms with Gasteiger partial charge in [-0.3, -0.25) is 4.90 Å². The average Bonchev–Trinajstić information content (AvgIpc) is 2.62. The Hall–Kier alpha value is -2.66. The van der Waals surface area contributed by atoms with Gasteiger partial charge in [-0.1, -0.05) is 12.1 Å². The standard InChI is InChI=1S/C18H18F3N5/c1-13-8-14(2-3-15(13)10-22)11-25-4-6-26(7-5-25)17-9-16(18(19,20)21)23-12-24-17/h2-3,8-9,12H,4-7,11H2,1H3. The van der Waals surface area contributed by atoms with Gasteiger partial charge < -0.3 is 4.90 Å². The highest BCUT2D eigenvalue weighted by Gasteiger charge is 2.33. The van der Waals surface area contributed by atoms with Crippen molar-refractivity contribution in [1.29, 1.82) is 5.26 Å². The summed E-state index contributed by atoms with van der Waals surface area (Å²) in [6.07, 6.45) is -3.50. The lowest BCUT2D eigenvalue weighted by Crippen LogP contribution is -2.46. The molecule has 1 aromatic carbocycles. The molecule has 8 heteroatoms. The molecule has 0 radical (unpaired) electrons. The molecule has 3 rings (SSSR count). The van der Waals surface area contributed by atoms with Crippen LogP contribution < -0.4 is 4.90 Å². The van der Waals surface area contributed by atoms with Crippen molar-refractivity contribution >= 4 is 5.82 Å². The predicted molar refractivity (Wildman–Crippen MR) is 90.4 cm³/mol. The van der Waals surface area contributed by atoms with Gasteiger partial charge in [0.2, 0.25) is 0 Å². The number of benzene rings is 1. The smallest absolute Gasteiger partial charge is 0.354 e. The van der Waals surface area contributed by atoms with E-state index in [-0.39, 0.29) is 0 Å². The first kappa shape index (κ1) is 18.1. The van der Waals surface area contributed by atoms with E-state index in [4.69, 9.17) is 5.26 Å². The van der Waals surface area contributed by atoms with Gasteiger partial charge in [-0.25, -0.2) is 9.97 Å². The second-order valence-corrected chi connectivity index (χ2v) is 6.28. The van der Waals surface area contributed by atoms with Gasteiger partial charge in [-0.2, -0.15) is 18.4 Å². The van der Waals surface area contributed by atoms with Crippen molar-refractivity contribution in [2.24, 2.45) is 0 Å². The molecule has 1 aliphatic heterocycles. The van der Waals surface area contributed by atoms with Gasteiger partial charge in [-0.15, -0.1) is 0 Å². The van der Waals surface area contributed by atoms with E-state index < -0.39 is 11.9 Å². The highest BCUT2D eigenvalue weighted by molar-refractivity contribution is 5.41. The fraction of sp³-hybridized carbons (Fsp3) is 0.389. The van der Waals surface area contributed by atoms with Gasteiger partial charge in [0.15, 0.2) is 0 Å². The number of piperazine rings is 1. The molecule has 0 amide bonds. The van der Waals surface area contributed by atoms with Crippen LogP contribution in [0.2, 0.25) is 0 Å². The van der Waals surface area contributed by atoms with Gasteiger partial charge in [-0.05, 0) is 24.1 Å². The quantitative estimate of drug-likeness (QED) is 0.841. The minimum Gasteiger partial charge on any atom is -0.354 e. The van der Waals surface area contributed by atoms with Crippen LogP contribution in [-0.4, -0.2) is 41.0 Å². The third kappa shape index (κ3) is 4.11. The Balaban J connectivity index is 1.61. The van der Waals surface area contributed by atoms with Gasteiger partial charge in [0, 0.05) is 38.8 Å². The zero-order valence-electron chi connectivity index (χ0n) is 14.3. The molecule has 2 heterocycles. The lowest BCUT2D eigenvalue weighted by atomic mass is 10.1. The lowest BCUT2D eigenvalue weighted by Gasteiger charge is -2.35. The molecular formula is C18H18F3N5. The Bertz CT molecular complexity index is 820. The summed E-state index contributed by atoms with van der Waals surface area (Å²) in [5.41, 5.74) is 1.82. The molecule has 0 aliphatic carbocycles. The van der Waals surface area contributed by atoms with Crippen LogP contribution in [0.3, 0.4) is 0 Å². The van der Waals surface area contributed by atoms with Gasteiger partial charge in [0.1, 0.15) is 17.8 Å². The average molecular weight is 361 g/mol. The number of alkyl halides is 3. The number of hydrogen-bond donors (Lipinski definition) is 0. The molecule has 1 fully saturated rings. The van der Waals surface area contributed by atoms with Crippen LogP contribution in [0.5, 0.6) is 0 Å². The lowest BCUT2D eigenvalue weighted by molar-refractivity contribution is -0.141. The molecule has 1 saturated heterocycles. The molecule has 1 aromatic heterocycles. The molecule has 136 valence electrons. The van der Waals surface area contributed by atoms with Crippen molar-refractivity contribution < 1.29 is 13.2 Å². The van der Waals surface area contributed by atoms with E-state index in [0.29, 0.717) is 24.5 Å². The van der Waals surface area contributed by atoms with E-state index in [9.17, 15) is 13.2 Å². The zero-order valence-corrected chi connectivity index (χ0v) is 14.3. The first-order valence-electron chi connectivity index (χ1n) is 8.23. The Morgan fingerprint density at radius 2 is 1.85 bits per heavy atom. The van der Waals surface area contributed by atoms with Crippen LogP contribution >= 0.6 is 0 Å². The summed E-state index contributed by atoms with van der Waals surface area (Å²) in [5.74, 6) is 0.307. The zero-order chi connectivity index (χ0) is 18.7. The molecule has 5 nitrogen and oxygen atoms in total. The van der Waals surface area contributed by atoms with Crippen molar-refractivity contribution in [2.45, 2.75) is 19.6 Å². The van der Waals surface area contributed by atoms with Crippen molar-refractivity contribution in [2.75, 3.05) is 31.1 Å². The number of nitrogens with zero attached hydrogens (tertiary/aromatic N) is 5. The maximum Gasteiger partial charge on any atom is 0.433 e. The van der Waals surface area contributed by atoms with Gasteiger partial charge >= 0.3 is 6.18 Å². The van der Waals surface area contributed by atoms with Crippen molar-refractivity contribution in [3.8, 4) is 6.07 Å². The Morgan fingerprint density at radius 3 is 2.46 bits per heavy atom. The third-order valence-corrected chi connectivity index (χ3v) is 4.46. The van der Waals surface area contributed by atoms with E-state index >= 15 is 0 Å². The molecule has 1 aliphatic rings. The number of rotatable bonds is 3. The number of aryl methyl sites for hydroxylation is 1. The number of hydrogen-bond acceptors (Lipinski definition) is 5. The molecule has 0 saturated carbocycles. The SMILES string of the molecule is Cc1cc(CN2CCN(c3cc(C(F)(F)F)ncn3)CC2)ccc1C#N. The summed E-state index contributed by atoms with van der Waals surface area (Å²) in [6, 6.07) is 8.92. The number of aromatic nitrogens is 2. The number of anilines is 1. The van der Waals surface area contributed by atoms with E-state index in [1.807, 2.05) is 30.0 Å². The molecule has 2 aromatic rings. The summed E-state index contributed by atoms with van der Waals surface area (Å²) in [7, 11) is 0. The summed E-state index contributed by atoms with van der Waals surface area (Å²) < 4.78 is 38.4. The molecule has 0 bridgehead atoms. The largest absolute Gasteiger partial charge is 0.433 e. The summed E-state index contributed by atoms with van der Waals surface area (Å²) in [6.45, 7) is 5.31. The molecular weight excluding hydrogens is 343 g/mol. The Labute approximate surface area is 149 Å². The van der Waals surface area contributed by atoms with Crippen LogP contribution in [0.25, 0.3) is 0 Å². The highest BCUT2D eigenvalue weighted by atomic mass is 19.4. The summed E-state index contributed by atoms with van der Waals surface area (Å²) in [5, 5.41) is 8.99.